The summed E-state index contributed by atoms with van der Waals surface area (Å²) in [6, 6.07) is 10.3. The zero-order valence-electron chi connectivity index (χ0n) is 13.8. The largest absolute Gasteiger partial charge is 0.481 e. The molecule has 2 aromatic rings. The van der Waals surface area contributed by atoms with Crippen LogP contribution in [0.15, 0.2) is 42.6 Å². The van der Waals surface area contributed by atoms with Crippen LogP contribution in [0.25, 0.3) is 0 Å². The molecule has 1 atom stereocenters. The number of ether oxygens (including phenoxy) is 1. The molecule has 25 heavy (non-hydrogen) atoms. The van der Waals surface area contributed by atoms with Gasteiger partial charge in [-0.25, -0.2) is 4.98 Å². The summed E-state index contributed by atoms with van der Waals surface area (Å²) >= 11 is 0. The number of amides is 2. The summed E-state index contributed by atoms with van der Waals surface area (Å²) in [7, 11) is 0. The smallest absolute Gasteiger partial charge is 0.269 e. The van der Waals surface area contributed by atoms with Crippen molar-refractivity contribution in [2.45, 2.75) is 26.1 Å². The van der Waals surface area contributed by atoms with Crippen LogP contribution in [-0.4, -0.2) is 34.6 Å². The molecule has 1 aromatic heterocycles. The SMILES string of the molecule is CCC(Oc1ccc(CO)cc1)C(=O)N1CC(=O)Nc2cccnc21. The number of anilines is 2. The summed E-state index contributed by atoms with van der Waals surface area (Å²) in [5.41, 5.74) is 1.27. The molecular weight excluding hydrogens is 322 g/mol. The van der Waals surface area contributed by atoms with Gasteiger partial charge < -0.3 is 15.2 Å². The predicted octanol–water partition coefficient (Wildman–Crippen LogP) is 1.72. The number of nitrogens with one attached hydrogen (secondary N) is 1. The van der Waals surface area contributed by atoms with E-state index in [0.717, 1.165) is 5.56 Å². The minimum Gasteiger partial charge on any atom is -0.481 e. The van der Waals surface area contributed by atoms with Gasteiger partial charge in [-0.3, -0.25) is 14.5 Å². The fourth-order valence-electron chi connectivity index (χ4n) is 2.62. The topological polar surface area (TPSA) is 91.8 Å². The van der Waals surface area contributed by atoms with Crippen LogP contribution in [0.1, 0.15) is 18.9 Å². The van der Waals surface area contributed by atoms with Gasteiger partial charge in [0.15, 0.2) is 11.9 Å². The van der Waals surface area contributed by atoms with E-state index in [2.05, 4.69) is 10.3 Å². The first-order valence-electron chi connectivity index (χ1n) is 8.05. The fourth-order valence-corrected chi connectivity index (χ4v) is 2.62. The Balaban J connectivity index is 1.81. The molecule has 0 fully saturated rings. The molecule has 0 saturated heterocycles. The van der Waals surface area contributed by atoms with E-state index in [1.54, 1.807) is 42.6 Å². The predicted molar refractivity (Wildman–Crippen MR) is 92.3 cm³/mol. The number of pyridine rings is 1. The van der Waals surface area contributed by atoms with E-state index in [0.29, 0.717) is 23.7 Å². The molecule has 1 aromatic carbocycles. The number of carbonyl (C=O) groups excluding carboxylic acids is 2. The third kappa shape index (κ3) is 3.61. The molecule has 1 aliphatic rings. The summed E-state index contributed by atoms with van der Waals surface area (Å²) in [6.45, 7) is 1.70. The van der Waals surface area contributed by atoms with Crippen molar-refractivity contribution < 1.29 is 19.4 Å². The number of aromatic nitrogens is 1. The lowest BCUT2D eigenvalue weighted by Gasteiger charge is -2.30. The lowest BCUT2D eigenvalue weighted by atomic mass is 10.2. The van der Waals surface area contributed by atoms with Gasteiger partial charge >= 0.3 is 0 Å². The number of aliphatic hydroxyl groups excluding tert-OH is 1. The van der Waals surface area contributed by atoms with Gasteiger partial charge in [0.25, 0.3) is 5.91 Å². The normalized spacial score (nSPS) is 14.5. The molecule has 7 nitrogen and oxygen atoms in total. The Bertz CT molecular complexity index is 776. The number of aliphatic hydroxyl groups is 1. The second-order valence-electron chi connectivity index (χ2n) is 5.66. The molecular formula is C18H19N3O4. The number of carbonyl (C=O) groups is 2. The van der Waals surface area contributed by atoms with Gasteiger partial charge in [-0.15, -0.1) is 0 Å². The quantitative estimate of drug-likeness (QED) is 0.864. The van der Waals surface area contributed by atoms with Crippen molar-refractivity contribution in [3.63, 3.8) is 0 Å². The van der Waals surface area contributed by atoms with Gasteiger partial charge in [-0.2, -0.15) is 0 Å². The molecule has 1 unspecified atom stereocenters. The summed E-state index contributed by atoms with van der Waals surface area (Å²) in [5.74, 6) is 0.365. The zero-order chi connectivity index (χ0) is 17.8. The molecule has 0 spiro atoms. The van der Waals surface area contributed by atoms with E-state index in [1.165, 1.54) is 4.90 Å². The van der Waals surface area contributed by atoms with Crippen molar-refractivity contribution in [3.8, 4) is 5.75 Å². The Morgan fingerprint density at radius 2 is 2.12 bits per heavy atom. The molecule has 130 valence electrons. The van der Waals surface area contributed by atoms with Crippen LogP contribution in [0.2, 0.25) is 0 Å². The monoisotopic (exact) mass is 341 g/mol. The van der Waals surface area contributed by atoms with E-state index in [9.17, 15) is 9.59 Å². The molecule has 7 heteroatoms. The number of hydrogen-bond acceptors (Lipinski definition) is 5. The molecule has 2 N–H and O–H groups in total. The van der Waals surface area contributed by atoms with Crippen molar-refractivity contribution >= 4 is 23.3 Å². The van der Waals surface area contributed by atoms with Crippen molar-refractivity contribution in [2.24, 2.45) is 0 Å². The first-order valence-corrected chi connectivity index (χ1v) is 8.05. The number of nitrogens with zero attached hydrogens (tertiary/aromatic N) is 2. The zero-order valence-corrected chi connectivity index (χ0v) is 13.8. The van der Waals surface area contributed by atoms with Crippen LogP contribution in [0.4, 0.5) is 11.5 Å². The van der Waals surface area contributed by atoms with Gasteiger partial charge in [0.1, 0.15) is 12.3 Å². The van der Waals surface area contributed by atoms with Crippen LogP contribution in [0.5, 0.6) is 5.75 Å². The molecule has 0 radical (unpaired) electrons. The van der Waals surface area contributed by atoms with Gasteiger partial charge in [0, 0.05) is 6.20 Å². The summed E-state index contributed by atoms with van der Waals surface area (Å²) in [5, 5.41) is 11.8. The maximum Gasteiger partial charge on any atom is 0.269 e. The van der Waals surface area contributed by atoms with E-state index in [1.807, 2.05) is 6.92 Å². The Kier molecular flexibility index (Phi) is 4.95. The van der Waals surface area contributed by atoms with Crippen LogP contribution in [0.3, 0.4) is 0 Å². The minimum atomic E-state index is -0.735. The lowest BCUT2D eigenvalue weighted by molar-refractivity contribution is -0.127. The average Bonchev–Trinajstić information content (AvgIpc) is 2.65. The Labute approximate surface area is 145 Å². The summed E-state index contributed by atoms with van der Waals surface area (Å²) in [6.07, 6.45) is 1.29. The molecule has 1 aliphatic heterocycles. The fraction of sp³-hybridized carbons (Fsp3) is 0.278. The maximum absolute atomic E-state index is 12.9. The molecule has 2 amide bonds. The molecule has 2 heterocycles. The maximum atomic E-state index is 12.9. The van der Waals surface area contributed by atoms with E-state index in [4.69, 9.17) is 9.84 Å². The van der Waals surface area contributed by atoms with E-state index >= 15 is 0 Å². The highest BCUT2D eigenvalue weighted by molar-refractivity contribution is 6.10. The molecule has 0 saturated carbocycles. The van der Waals surface area contributed by atoms with Crippen LogP contribution in [0, 0.1) is 0 Å². The van der Waals surface area contributed by atoms with Gasteiger partial charge in [-0.1, -0.05) is 19.1 Å². The second kappa shape index (κ2) is 7.31. The number of benzene rings is 1. The van der Waals surface area contributed by atoms with Crippen LogP contribution < -0.4 is 15.0 Å². The van der Waals surface area contributed by atoms with Crippen LogP contribution in [-0.2, 0) is 16.2 Å². The van der Waals surface area contributed by atoms with Crippen molar-refractivity contribution in [3.05, 3.63) is 48.2 Å². The van der Waals surface area contributed by atoms with E-state index in [-0.39, 0.29) is 25.0 Å². The number of fused-ring (bicyclic) bond motifs is 1. The highest BCUT2D eigenvalue weighted by Crippen LogP contribution is 2.27. The highest BCUT2D eigenvalue weighted by atomic mass is 16.5. The van der Waals surface area contributed by atoms with Gasteiger partial charge in [-0.05, 0) is 36.2 Å². The molecule has 0 bridgehead atoms. The third-order valence-corrected chi connectivity index (χ3v) is 3.91. The van der Waals surface area contributed by atoms with E-state index < -0.39 is 6.10 Å². The molecule has 0 aliphatic carbocycles. The van der Waals surface area contributed by atoms with Crippen LogP contribution >= 0.6 is 0 Å². The lowest BCUT2D eigenvalue weighted by Crippen LogP contribution is -2.48. The van der Waals surface area contributed by atoms with Gasteiger partial charge in [0.2, 0.25) is 5.91 Å². The minimum absolute atomic E-state index is 0.0538. The Hall–Kier alpha value is -2.93. The Morgan fingerprint density at radius 1 is 1.36 bits per heavy atom. The molecule has 3 rings (SSSR count). The van der Waals surface area contributed by atoms with Gasteiger partial charge in [0.05, 0.1) is 12.3 Å². The first-order chi connectivity index (χ1) is 12.1. The number of rotatable bonds is 5. The van der Waals surface area contributed by atoms with Crippen molar-refractivity contribution in [1.29, 1.82) is 0 Å². The number of hydrogen-bond donors (Lipinski definition) is 2. The second-order valence-corrected chi connectivity index (χ2v) is 5.66. The summed E-state index contributed by atoms with van der Waals surface area (Å²) in [4.78, 5) is 30.4. The van der Waals surface area contributed by atoms with Crippen molar-refractivity contribution in [1.82, 2.24) is 4.98 Å². The third-order valence-electron chi connectivity index (χ3n) is 3.91. The average molecular weight is 341 g/mol. The summed E-state index contributed by atoms with van der Waals surface area (Å²) < 4.78 is 5.80. The highest BCUT2D eigenvalue weighted by Gasteiger charge is 2.32. The first kappa shape index (κ1) is 16.9. The van der Waals surface area contributed by atoms with Crippen molar-refractivity contribution in [2.75, 3.05) is 16.8 Å². The Morgan fingerprint density at radius 3 is 2.80 bits per heavy atom. The standard InChI is InChI=1S/C18H19N3O4/c1-2-15(25-13-7-5-12(11-22)6-8-13)18(24)21-10-16(23)20-14-4-3-9-19-17(14)21/h3-9,15,22H,2,10-11H2,1H3,(H,20,23).